The van der Waals surface area contributed by atoms with Crippen LogP contribution in [0.25, 0.3) is 0 Å². The lowest BCUT2D eigenvalue weighted by molar-refractivity contribution is 0.315. The zero-order chi connectivity index (χ0) is 9.97. The molecule has 2 rings (SSSR count). The summed E-state index contributed by atoms with van der Waals surface area (Å²) >= 11 is 3.45. The fourth-order valence-corrected chi connectivity index (χ4v) is 2.10. The number of ether oxygens (including phenoxy) is 1. The fourth-order valence-electron chi connectivity index (χ4n) is 1.72. The van der Waals surface area contributed by atoms with E-state index in [-0.39, 0.29) is 6.04 Å². The average molecular weight is 257 g/mol. The summed E-state index contributed by atoms with van der Waals surface area (Å²) < 4.78 is 6.68. The van der Waals surface area contributed by atoms with E-state index in [1.807, 2.05) is 12.1 Å². The highest BCUT2D eigenvalue weighted by Gasteiger charge is 2.18. The number of benzene rings is 1. The first-order valence-corrected chi connectivity index (χ1v) is 5.49. The van der Waals surface area contributed by atoms with Gasteiger partial charge < -0.3 is 4.74 Å². The quantitative estimate of drug-likeness (QED) is 0.598. The molecule has 1 aliphatic rings. The summed E-state index contributed by atoms with van der Waals surface area (Å²) in [5.74, 6) is 6.46. The number of hydrogen-bond donors (Lipinski definition) is 2. The van der Waals surface area contributed by atoms with Crippen molar-refractivity contribution >= 4 is 15.9 Å². The van der Waals surface area contributed by atoms with E-state index < -0.39 is 0 Å². The highest BCUT2D eigenvalue weighted by Crippen LogP contribution is 2.32. The van der Waals surface area contributed by atoms with Gasteiger partial charge in [0.15, 0.2) is 0 Å². The minimum Gasteiger partial charge on any atom is -0.493 e. The van der Waals surface area contributed by atoms with Crippen LogP contribution < -0.4 is 16.0 Å². The predicted octanol–water partition coefficient (Wildman–Crippen LogP) is 2.13. The smallest absolute Gasteiger partial charge is 0.124 e. The van der Waals surface area contributed by atoms with E-state index in [1.165, 1.54) is 0 Å². The molecule has 3 nitrogen and oxygen atoms in total. The van der Waals surface area contributed by atoms with Crippen molar-refractivity contribution in [3.8, 4) is 5.75 Å². The van der Waals surface area contributed by atoms with Crippen molar-refractivity contribution in [2.75, 3.05) is 6.61 Å². The second kappa shape index (κ2) is 4.29. The molecule has 76 valence electrons. The minimum atomic E-state index is 0.199. The van der Waals surface area contributed by atoms with Gasteiger partial charge in [0.2, 0.25) is 0 Å². The van der Waals surface area contributed by atoms with E-state index in [1.54, 1.807) is 0 Å². The Kier molecular flexibility index (Phi) is 3.05. The Morgan fingerprint density at radius 1 is 1.50 bits per heavy atom. The maximum absolute atomic E-state index is 5.62. The second-order valence-electron chi connectivity index (χ2n) is 3.39. The average Bonchev–Trinajstić information content (AvgIpc) is 2.39. The molecule has 4 heteroatoms. The van der Waals surface area contributed by atoms with Gasteiger partial charge >= 0.3 is 0 Å². The standard InChI is InChI=1S/C10H13BrN2O/c11-7-3-4-10-8(6-7)9(13-12)2-1-5-14-10/h3-4,6,9,13H,1-2,5,12H2. The van der Waals surface area contributed by atoms with Crippen LogP contribution in [0.3, 0.4) is 0 Å². The van der Waals surface area contributed by atoms with Crippen LogP contribution in [-0.2, 0) is 0 Å². The summed E-state index contributed by atoms with van der Waals surface area (Å²) in [7, 11) is 0. The molecular weight excluding hydrogens is 244 g/mol. The molecule has 0 bridgehead atoms. The third-order valence-electron chi connectivity index (χ3n) is 2.44. The molecule has 0 saturated carbocycles. The Morgan fingerprint density at radius 2 is 2.36 bits per heavy atom. The number of rotatable bonds is 1. The Bertz CT molecular complexity index is 330. The van der Waals surface area contributed by atoms with Crippen LogP contribution in [0.2, 0.25) is 0 Å². The number of hydrogen-bond acceptors (Lipinski definition) is 3. The van der Waals surface area contributed by atoms with Crippen molar-refractivity contribution in [1.82, 2.24) is 5.43 Å². The van der Waals surface area contributed by atoms with Gasteiger partial charge in [-0.05, 0) is 31.0 Å². The molecule has 1 aromatic rings. The molecule has 1 aliphatic heterocycles. The van der Waals surface area contributed by atoms with Gasteiger partial charge in [0.25, 0.3) is 0 Å². The van der Waals surface area contributed by atoms with Crippen LogP contribution >= 0.6 is 15.9 Å². The lowest BCUT2D eigenvalue weighted by Crippen LogP contribution is -2.27. The first kappa shape index (κ1) is 9.96. The molecule has 14 heavy (non-hydrogen) atoms. The van der Waals surface area contributed by atoms with Gasteiger partial charge in [0.05, 0.1) is 6.61 Å². The predicted molar refractivity (Wildman–Crippen MR) is 58.9 cm³/mol. The summed E-state index contributed by atoms with van der Waals surface area (Å²) in [5.41, 5.74) is 3.96. The third kappa shape index (κ3) is 1.92. The van der Waals surface area contributed by atoms with Crippen molar-refractivity contribution in [2.45, 2.75) is 18.9 Å². The molecule has 0 fully saturated rings. The molecule has 0 aromatic heterocycles. The molecule has 1 aromatic carbocycles. The van der Waals surface area contributed by atoms with Crippen molar-refractivity contribution < 1.29 is 4.74 Å². The third-order valence-corrected chi connectivity index (χ3v) is 2.94. The highest BCUT2D eigenvalue weighted by molar-refractivity contribution is 9.10. The van der Waals surface area contributed by atoms with Gasteiger partial charge in [0, 0.05) is 16.1 Å². The largest absolute Gasteiger partial charge is 0.493 e. The Hall–Kier alpha value is -0.580. The molecule has 0 radical (unpaired) electrons. The zero-order valence-corrected chi connectivity index (χ0v) is 9.38. The van der Waals surface area contributed by atoms with E-state index in [9.17, 15) is 0 Å². The molecule has 3 N–H and O–H groups in total. The topological polar surface area (TPSA) is 47.3 Å². The van der Waals surface area contributed by atoms with E-state index in [4.69, 9.17) is 10.6 Å². The number of fused-ring (bicyclic) bond motifs is 1. The van der Waals surface area contributed by atoms with Gasteiger partial charge in [-0.2, -0.15) is 0 Å². The Morgan fingerprint density at radius 3 is 3.14 bits per heavy atom. The molecule has 1 unspecified atom stereocenters. The van der Waals surface area contributed by atoms with Crippen LogP contribution in [0.4, 0.5) is 0 Å². The maximum Gasteiger partial charge on any atom is 0.124 e. The second-order valence-corrected chi connectivity index (χ2v) is 4.31. The Balaban J connectivity index is 2.40. The minimum absolute atomic E-state index is 0.199. The van der Waals surface area contributed by atoms with Crippen LogP contribution in [-0.4, -0.2) is 6.61 Å². The van der Waals surface area contributed by atoms with Crippen LogP contribution in [0.15, 0.2) is 22.7 Å². The van der Waals surface area contributed by atoms with Crippen molar-refractivity contribution in [3.63, 3.8) is 0 Å². The first-order valence-electron chi connectivity index (χ1n) is 4.69. The zero-order valence-electron chi connectivity index (χ0n) is 7.79. The number of hydrazine groups is 1. The maximum atomic E-state index is 5.62. The van der Waals surface area contributed by atoms with Gasteiger partial charge in [-0.25, -0.2) is 0 Å². The monoisotopic (exact) mass is 256 g/mol. The lowest BCUT2D eigenvalue weighted by atomic mass is 10.0. The number of nitrogens with two attached hydrogens (primary N) is 1. The van der Waals surface area contributed by atoms with E-state index in [2.05, 4.69) is 27.4 Å². The SMILES string of the molecule is NNC1CCCOc2ccc(Br)cc21. The highest BCUT2D eigenvalue weighted by atomic mass is 79.9. The van der Waals surface area contributed by atoms with E-state index >= 15 is 0 Å². The summed E-state index contributed by atoms with van der Waals surface area (Å²) in [5, 5.41) is 0. The molecule has 0 aliphatic carbocycles. The number of halogens is 1. The lowest BCUT2D eigenvalue weighted by Gasteiger charge is -2.15. The van der Waals surface area contributed by atoms with Gasteiger partial charge in [-0.1, -0.05) is 15.9 Å². The summed E-state index contributed by atoms with van der Waals surface area (Å²) in [4.78, 5) is 0. The van der Waals surface area contributed by atoms with Crippen LogP contribution in [0.1, 0.15) is 24.4 Å². The van der Waals surface area contributed by atoms with Gasteiger partial charge in [0.1, 0.15) is 5.75 Å². The normalized spacial score (nSPS) is 20.9. The molecule has 1 heterocycles. The van der Waals surface area contributed by atoms with Crippen molar-refractivity contribution in [2.24, 2.45) is 5.84 Å². The van der Waals surface area contributed by atoms with Gasteiger partial charge in [-0.3, -0.25) is 11.3 Å². The molecule has 0 amide bonds. The van der Waals surface area contributed by atoms with Gasteiger partial charge in [-0.15, -0.1) is 0 Å². The molecule has 0 saturated heterocycles. The molecule has 0 spiro atoms. The van der Waals surface area contributed by atoms with E-state index in [0.29, 0.717) is 0 Å². The summed E-state index contributed by atoms with van der Waals surface area (Å²) in [6.07, 6.45) is 2.04. The molecular formula is C10H13BrN2O. The van der Waals surface area contributed by atoms with Crippen molar-refractivity contribution in [3.05, 3.63) is 28.2 Å². The first-order chi connectivity index (χ1) is 6.81. The van der Waals surface area contributed by atoms with E-state index in [0.717, 1.165) is 35.2 Å². The molecule has 1 atom stereocenters. The summed E-state index contributed by atoms with van der Waals surface area (Å²) in [6.45, 7) is 0.771. The Labute approximate surface area is 91.7 Å². The summed E-state index contributed by atoms with van der Waals surface area (Å²) in [6, 6.07) is 6.22. The van der Waals surface area contributed by atoms with Crippen LogP contribution in [0, 0.1) is 0 Å². The fraction of sp³-hybridized carbons (Fsp3) is 0.400. The van der Waals surface area contributed by atoms with Crippen molar-refractivity contribution in [1.29, 1.82) is 0 Å². The van der Waals surface area contributed by atoms with Crippen LogP contribution in [0.5, 0.6) is 5.75 Å². The number of nitrogens with one attached hydrogen (secondary N) is 1.